The molecule has 0 saturated heterocycles. The Kier molecular flexibility index (Phi) is 2.33. The number of aryl methyl sites for hydroxylation is 1. The quantitative estimate of drug-likeness (QED) is 0.720. The molecule has 3 aromatic rings. The van der Waals surface area contributed by atoms with Crippen LogP contribution in [0.5, 0.6) is 0 Å². The van der Waals surface area contributed by atoms with E-state index in [2.05, 4.69) is 20.4 Å². The van der Waals surface area contributed by atoms with Crippen LogP contribution in [0.4, 0.5) is 6.01 Å². The topological polar surface area (TPSA) is 83.8 Å². The molecule has 0 aliphatic carbocycles. The minimum Gasteiger partial charge on any atom is -0.361 e. The highest BCUT2D eigenvalue weighted by molar-refractivity contribution is 6.05. The maximum Gasteiger partial charge on any atom is 0.328 e. The fourth-order valence-corrected chi connectivity index (χ4v) is 1.71. The highest BCUT2D eigenvalue weighted by Crippen LogP contribution is 2.15. The van der Waals surface area contributed by atoms with E-state index in [9.17, 15) is 4.79 Å². The number of carbonyl (C=O) groups is 1. The number of nitrogens with one attached hydrogen (secondary N) is 2. The molecular formula is C12H10N4O2. The summed E-state index contributed by atoms with van der Waals surface area (Å²) in [5.74, 6) is 0.202. The first-order valence-electron chi connectivity index (χ1n) is 5.41. The van der Waals surface area contributed by atoms with Gasteiger partial charge in [-0.25, -0.2) is 0 Å². The zero-order valence-electron chi connectivity index (χ0n) is 9.60. The monoisotopic (exact) mass is 242 g/mol. The fraction of sp³-hybridized carbons (Fsp3) is 0.0833. The third-order valence-corrected chi connectivity index (χ3v) is 2.56. The van der Waals surface area contributed by atoms with Crippen molar-refractivity contribution in [2.45, 2.75) is 6.92 Å². The van der Waals surface area contributed by atoms with Crippen molar-refractivity contribution in [3.05, 3.63) is 41.9 Å². The van der Waals surface area contributed by atoms with E-state index in [1.54, 1.807) is 19.1 Å². The van der Waals surface area contributed by atoms with E-state index < -0.39 is 0 Å². The first kappa shape index (κ1) is 10.5. The standard InChI is InChI=1S/C12H10N4O2/c1-7-14-12(18-16-7)15-11(17)9-2-3-10-8(6-9)4-5-13-10/h2-6,13H,1H3,(H,14,15,16,17). The van der Waals surface area contributed by atoms with Crippen LogP contribution < -0.4 is 5.32 Å². The van der Waals surface area contributed by atoms with Crippen LogP contribution >= 0.6 is 0 Å². The van der Waals surface area contributed by atoms with E-state index in [1.165, 1.54) is 0 Å². The van der Waals surface area contributed by atoms with Crippen molar-refractivity contribution in [3.63, 3.8) is 0 Å². The van der Waals surface area contributed by atoms with Crippen molar-refractivity contribution < 1.29 is 9.32 Å². The number of benzene rings is 1. The molecule has 3 rings (SSSR count). The lowest BCUT2D eigenvalue weighted by atomic mass is 10.1. The highest BCUT2D eigenvalue weighted by atomic mass is 16.5. The molecule has 2 heterocycles. The van der Waals surface area contributed by atoms with E-state index in [0.29, 0.717) is 11.4 Å². The molecular weight excluding hydrogens is 232 g/mol. The van der Waals surface area contributed by atoms with Crippen molar-refractivity contribution in [2.24, 2.45) is 0 Å². The summed E-state index contributed by atoms with van der Waals surface area (Å²) in [7, 11) is 0. The number of nitrogens with zero attached hydrogens (tertiary/aromatic N) is 2. The SMILES string of the molecule is Cc1noc(NC(=O)c2ccc3[nH]ccc3c2)n1. The molecule has 0 spiro atoms. The average Bonchev–Trinajstić information content (AvgIpc) is 2.96. The van der Waals surface area contributed by atoms with Crippen molar-refractivity contribution in [2.75, 3.05) is 5.32 Å². The van der Waals surface area contributed by atoms with E-state index >= 15 is 0 Å². The summed E-state index contributed by atoms with van der Waals surface area (Å²) in [4.78, 5) is 18.9. The van der Waals surface area contributed by atoms with Crippen LogP contribution in [-0.4, -0.2) is 21.0 Å². The number of amides is 1. The zero-order chi connectivity index (χ0) is 12.5. The fourth-order valence-electron chi connectivity index (χ4n) is 1.71. The van der Waals surface area contributed by atoms with E-state index in [-0.39, 0.29) is 11.9 Å². The Morgan fingerprint density at radius 2 is 2.28 bits per heavy atom. The van der Waals surface area contributed by atoms with Crippen LogP contribution in [0.25, 0.3) is 10.9 Å². The van der Waals surface area contributed by atoms with E-state index in [4.69, 9.17) is 4.52 Å². The smallest absolute Gasteiger partial charge is 0.328 e. The van der Waals surface area contributed by atoms with Crippen LogP contribution in [0, 0.1) is 6.92 Å². The van der Waals surface area contributed by atoms with Crippen molar-refractivity contribution in [1.82, 2.24) is 15.1 Å². The largest absolute Gasteiger partial charge is 0.361 e. The van der Waals surface area contributed by atoms with E-state index in [0.717, 1.165) is 10.9 Å². The normalized spacial score (nSPS) is 10.7. The van der Waals surface area contributed by atoms with Gasteiger partial charge in [0.2, 0.25) is 0 Å². The first-order valence-corrected chi connectivity index (χ1v) is 5.41. The Balaban J connectivity index is 1.87. The minimum atomic E-state index is -0.276. The minimum absolute atomic E-state index is 0.103. The molecule has 6 nitrogen and oxygen atoms in total. The Labute approximate surface area is 102 Å². The Hall–Kier alpha value is -2.63. The number of rotatable bonds is 2. The first-order chi connectivity index (χ1) is 8.72. The third-order valence-electron chi connectivity index (χ3n) is 2.56. The lowest BCUT2D eigenvalue weighted by molar-refractivity contribution is 0.102. The summed E-state index contributed by atoms with van der Waals surface area (Å²) in [6.45, 7) is 1.69. The predicted molar refractivity (Wildman–Crippen MR) is 65.3 cm³/mol. The van der Waals surface area contributed by atoms with Gasteiger partial charge in [-0.05, 0) is 31.2 Å². The van der Waals surface area contributed by atoms with Gasteiger partial charge in [0.25, 0.3) is 5.91 Å². The summed E-state index contributed by atoms with van der Waals surface area (Å²) in [5.41, 5.74) is 1.53. The number of fused-ring (bicyclic) bond motifs is 1. The predicted octanol–water partition coefficient (Wildman–Crippen LogP) is 2.11. The average molecular weight is 242 g/mol. The van der Waals surface area contributed by atoms with E-state index in [1.807, 2.05) is 18.3 Å². The van der Waals surface area contributed by atoms with Crippen LogP contribution in [0.3, 0.4) is 0 Å². The van der Waals surface area contributed by atoms with Gasteiger partial charge in [-0.1, -0.05) is 5.16 Å². The molecule has 1 aromatic carbocycles. The van der Waals surface area contributed by atoms with Crippen molar-refractivity contribution >= 4 is 22.8 Å². The molecule has 90 valence electrons. The van der Waals surface area contributed by atoms with Gasteiger partial charge < -0.3 is 9.51 Å². The number of aromatic amines is 1. The van der Waals surface area contributed by atoms with Crippen LogP contribution in [0.1, 0.15) is 16.2 Å². The zero-order valence-corrected chi connectivity index (χ0v) is 9.60. The molecule has 6 heteroatoms. The molecule has 0 unspecified atom stereocenters. The number of carbonyl (C=O) groups excluding carboxylic acids is 1. The van der Waals surface area contributed by atoms with Gasteiger partial charge in [-0.3, -0.25) is 10.1 Å². The Bertz CT molecular complexity index is 714. The third kappa shape index (κ3) is 1.84. The van der Waals surface area contributed by atoms with Crippen LogP contribution in [0.15, 0.2) is 35.0 Å². The van der Waals surface area contributed by atoms with Gasteiger partial charge in [0, 0.05) is 22.7 Å². The van der Waals surface area contributed by atoms with Gasteiger partial charge in [-0.15, -0.1) is 0 Å². The van der Waals surface area contributed by atoms with Crippen molar-refractivity contribution in [1.29, 1.82) is 0 Å². The molecule has 0 saturated carbocycles. The molecule has 18 heavy (non-hydrogen) atoms. The summed E-state index contributed by atoms with van der Waals surface area (Å²) in [6, 6.07) is 7.39. The van der Waals surface area contributed by atoms with Gasteiger partial charge in [0.05, 0.1) is 0 Å². The molecule has 0 fully saturated rings. The molecule has 0 aliphatic rings. The number of H-pyrrole nitrogens is 1. The lowest BCUT2D eigenvalue weighted by Gasteiger charge is -2.00. The summed E-state index contributed by atoms with van der Waals surface area (Å²) < 4.78 is 4.83. The Morgan fingerprint density at radius 3 is 3.06 bits per heavy atom. The second-order valence-corrected chi connectivity index (χ2v) is 3.88. The molecule has 2 N–H and O–H groups in total. The maximum atomic E-state index is 11.9. The molecule has 0 bridgehead atoms. The molecule has 2 aromatic heterocycles. The number of hydrogen-bond donors (Lipinski definition) is 2. The second-order valence-electron chi connectivity index (χ2n) is 3.88. The lowest BCUT2D eigenvalue weighted by Crippen LogP contribution is -2.11. The summed E-state index contributed by atoms with van der Waals surface area (Å²) in [6.07, 6.45) is 1.83. The maximum absolute atomic E-state index is 11.9. The molecule has 1 amide bonds. The van der Waals surface area contributed by atoms with Gasteiger partial charge >= 0.3 is 6.01 Å². The van der Waals surface area contributed by atoms with Crippen molar-refractivity contribution in [3.8, 4) is 0 Å². The number of anilines is 1. The van der Waals surface area contributed by atoms with Gasteiger partial charge in [0.1, 0.15) is 0 Å². The highest BCUT2D eigenvalue weighted by Gasteiger charge is 2.10. The second kappa shape index (κ2) is 3.99. The molecule has 0 radical (unpaired) electrons. The number of hydrogen-bond acceptors (Lipinski definition) is 4. The van der Waals surface area contributed by atoms with Crippen LogP contribution in [-0.2, 0) is 0 Å². The van der Waals surface area contributed by atoms with Gasteiger partial charge in [0.15, 0.2) is 5.82 Å². The molecule has 0 atom stereocenters. The number of aromatic nitrogens is 3. The Morgan fingerprint density at radius 1 is 1.39 bits per heavy atom. The van der Waals surface area contributed by atoms with Gasteiger partial charge in [-0.2, -0.15) is 4.98 Å². The summed E-state index contributed by atoms with van der Waals surface area (Å²) >= 11 is 0. The summed E-state index contributed by atoms with van der Waals surface area (Å²) in [5, 5.41) is 7.12. The van der Waals surface area contributed by atoms with Crippen LogP contribution in [0.2, 0.25) is 0 Å². The molecule has 0 aliphatic heterocycles.